The monoisotopic (exact) mass is 206 g/mol. The number of hydrogen-bond acceptors (Lipinski definition) is 3. The molecule has 1 heterocycles. The molecule has 1 saturated heterocycles. The van der Waals surface area contributed by atoms with Gasteiger partial charge in [0.1, 0.15) is 5.78 Å². The molecule has 15 heavy (non-hydrogen) atoms. The van der Waals surface area contributed by atoms with Crippen molar-refractivity contribution in [3.05, 3.63) is 24.3 Å². The van der Waals surface area contributed by atoms with E-state index in [4.69, 9.17) is 4.74 Å². The minimum atomic E-state index is -0.847. The summed E-state index contributed by atoms with van der Waals surface area (Å²) >= 11 is 0. The third-order valence-corrected chi connectivity index (χ3v) is 4.24. The summed E-state index contributed by atoms with van der Waals surface area (Å²) in [6.45, 7) is 1.94. The fourth-order valence-electron chi connectivity index (χ4n) is 3.42. The lowest BCUT2D eigenvalue weighted by atomic mass is 9.62. The largest absolute Gasteiger partial charge is 0.367 e. The van der Waals surface area contributed by atoms with Crippen LogP contribution in [0.4, 0.5) is 0 Å². The summed E-state index contributed by atoms with van der Waals surface area (Å²) in [5.74, 6) is 0.223. The molecule has 1 N–H and O–H groups in total. The van der Waals surface area contributed by atoms with Gasteiger partial charge in [-0.2, -0.15) is 0 Å². The molecule has 0 radical (unpaired) electrons. The summed E-state index contributed by atoms with van der Waals surface area (Å²) in [5, 5.41) is 10.0. The van der Waals surface area contributed by atoms with Crippen molar-refractivity contribution in [1.82, 2.24) is 0 Å². The van der Waals surface area contributed by atoms with Crippen LogP contribution in [-0.2, 0) is 9.53 Å². The van der Waals surface area contributed by atoms with Crippen LogP contribution in [0.15, 0.2) is 24.3 Å². The Kier molecular flexibility index (Phi) is 1.61. The molecule has 3 nitrogen and oxygen atoms in total. The summed E-state index contributed by atoms with van der Waals surface area (Å²) in [6.07, 6.45) is 7.80. The first-order chi connectivity index (χ1) is 7.11. The van der Waals surface area contributed by atoms with Gasteiger partial charge in [0.15, 0.2) is 6.29 Å². The highest BCUT2D eigenvalue weighted by Gasteiger charge is 2.67. The van der Waals surface area contributed by atoms with E-state index in [0.717, 1.165) is 0 Å². The van der Waals surface area contributed by atoms with Crippen LogP contribution in [0.25, 0.3) is 0 Å². The van der Waals surface area contributed by atoms with E-state index >= 15 is 0 Å². The molecular formula is C12H14O3. The minimum Gasteiger partial charge on any atom is -0.367 e. The van der Waals surface area contributed by atoms with Crippen molar-refractivity contribution in [2.75, 3.05) is 0 Å². The standard InChI is InChI=1S/C12H14O3/c1-8-11-4-2-3-5-12(11,10(14)15-8)7-9(13)6-11/h2-5,8,10,14H,6-7H2,1H3/t8-,10?,11-,12+/m1/s1. The second kappa shape index (κ2) is 2.60. The number of Topliss-reactive ketones (excluding diaryl/α,β-unsaturated/α-hetero) is 1. The number of allylic oxidation sites excluding steroid dienone is 2. The van der Waals surface area contributed by atoms with E-state index in [-0.39, 0.29) is 17.3 Å². The van der Waals surface area contributed by atoms with Crippen LogP contribution in [0.2, 0.25) is 0 Å². The highest BCUT2D eigenvalue weighted by molar-refractivity contribution is 5.85. The molecule has 0 bridgehead atoms. The average molecular weight is 206 g/mol. The maximum Gasteiger partial charge on any atom is 0.165 e. The van der Waals surface area contributed by atoms with Crippen molar-refractivity contribution in [2.24, 2.45) is 10.8 Å². The highest BCUT2D eigenvalue weighted by Crippen LogP contribution is 2.63. The molecule has 4 atom stereocenters. The topological polar surface area (TPSA) is 46.5 Å². The van der Waals surface area contributed by atoms with Gasteiger partial charge in [0, 0.05) is 18.3 Å². The first-order valence-electron chi connectivity index (χ1n) is 5.33. The molecule has 3 aliphatic rings. The van der Waals surface area contributed by atoms with Gasteiger partial charge in [-0.3, -0.25) is 4.79 Å². The molecule has 0 spiro atoms. The second-order valence-electron chi connectivity index (χ2n) is 4.82. The zero-order valence-electron chi connectivity index (χ0n) is 8.64. The van der Waals surface area contributed by atoms with Gasteiger partial charge in [-0.05, 0) is 6.92 Å². The Labute approximate surface area is 88.4 Å². The first kappa shape index (κ1) is 9.31. The number of aliphatic hydroxyl groups excluding tert-OH is 1. The molecule has 1 aliphatic heterocycles. The van der Waals surface area contributed by atoms with Gasteiger partial charge in [-0.15, -0.1) is 0 Å². The fraction of sp³-hybridized carbons (Fsp3) is 0.583. The van der Waals surface area contributed by atoms with Gasteiger partial charge in [-0.1, -0.05) is 24.3 Å². The zero-order chi connectivity index (χ0) is 10.7. The molecule has 0 aromatic rings. The molecule has 3 rings (SSSR count). The van der Waals surface area contributed by atoms with Crippen LogP contribution < -0.4 is 0 Å². The minimum absolute atomic E-state index is 0.0971. The van der Waals surface area contributed by atoms with E-state index in [1.807, 2.05) is 31.2 Å². The molecule has 0 aromatic heterocycles. The first-order valence-corrected chi connectivity index (χ1v) is 5.33. The Morgan fingerprint density at radius 1 is 1.33 bits per heavy atom. The summed E-state index contributed by atoms with van der Waals surface area (Å²) in [7, 11) is 0. The van der Waals surface area contributed by atoms with Gasteiger partial charge in [0.25, 0.3) is 0 Å². The quantitative estimate of drug-likeness (QED) is 0.647. The Morgan fingerprint density at radius 3 is 2.60 bits per heavy atom. The summed E-state index contributed by atoms with van der Waals surface area (Å²) in [4.78, 5) is 11.7. The Bertz CT molecular complexity index is 350. The Balaban J connectivity index is 2.20. The predicted molar refractivity (Wildman–Crippen MR) is 53.9 cm³/mol. The van der Waals surface area contributed by atoms with Gasteiger partial charge < -0.3 is 9.84 Å². The van der Waals surface area contributed by atoms with Crippen molar-refractivity contribution >= 4 is 5.78 Å². The van der Waals surface area contributed by atoms with Gasteiger partial charge in [0.05, 0.1) is 11.5 Å². The lowest BCUT2D eigenvalue weighted by Crippen LogP contribution is -2.40. The number of rotatable bonds is 0. The third kappa shape index (κ3) is 0.863. The van der Waals surface area contributed by atoms with Crippen molar-refractivity contribution in [1.29, 1.82) is 0 Å². The number of aliphatic hydroxyl groups is 1. The normalized spacial score (nSPS) is 52.0. The number of carbonyl (C=O) groups excluding carboxylic acids is 1. The third-order valence-electron chi connectivity index (χ3n) is 4.24. The van der Waals surface area contributed by atoms with Gasteiger partial charge >= 0.3 is 0 Å². The second-order valence-corrected chi connectivity index (χ2v) is 4.82. The van der Waals surface area contributed by atoms with Crippen molar-refractivity contribution in [3.63, 3.8) is 0 Å². The molecule has 0 aromatic carbocycles. The van der Waals surface area contributed by atoms with Gasteiger partial charge in [-0.25, -0.2) is 0 Å². The van der Waals surface area contributed by atoms with Crippen LogP contribution in [-0.4, -0.2) is 23.3 Å². The molecule has 1 saturated carbocycles. The predicted octanol–water partition coefficient (Wildman–Crippen LogP) is 1.19. The summed E-state index contributed by atoms with van der Waals surface area (Å²) < 4.78 is 5.51. The van der Waals surface area contributed by atoms with Crippen LogP contribution in [0, 0.1) is 10.8 Å². The smallest absolute Gasteiger partial charge is 0.165 e. The van der Waals surface area contributed by atoms with E-state index in [0.29, 0.717) is 12.8 Å². The lowest BCUT2D eigenvalue weighted by Gasteiger charge is -2.38. The summed E-state index contributed by atoms with van der Waals surface area (Å²) in [6, 6.07) is 0. The van der Waals surface area contributed by atoms with E-state index in [1.54, 1.807) is 0 Å². The van der Waals surface area contributed by atoms with Gasteiger partial charge in [0.2, 0.25) is 0 Å². The van der Waals surface area contributed by atoms with E-state index < -0.39 is 11.7 Å². The van der Waals surface area contributed by atoms with E-state index in [2.05, 4.69) is 0 Å². The molecule has 80 valence electrons. The number of ether oxygens (including phenoxy) is 1. The number of ketones is 1. The summed E-state index contributed by atoms with van der Waals surface area (Å²) in [5.41, 5.74) is -0.809. The Morgan fingerprint density at radius 2 is 1.93 bits per heavy atom. The zero-order valence-corrected chi connectivity index (χ0v) is 8.64. The highest BCUT2D eigenvalue weighted by atomic mass is 16.6. The van der Waals surface area contributed by atoms with Crippen molar-refractivity contribution in [3.8, 4) is 0 Å². The van der Waals surface area contributed by atoms with E-state index in [9.17, 15) is 9.90 Å². The van der Waals surface area contributed by atoms with Crippen molar-refractivity contribution in [2.45, 2.75) is 32.2 Å². The van der Waals surface area contributed by atoms with Crippen LogP contribution in [0.5, 0.6) is 0 Å². The van der Waals surface area contributed by atoms with Crippen LogP contribution in [0.1, 0.15) is 19.8 Å². The number of carbonyl (C=O) groups is 1. The number of hydrogen-bond donors (Lipinski definition) is 1. The SMILES string of the molecule is C[C@H]1OC(O)[C@@]23C=CC=C[C@@]12CC(=O)C3. The maximum absolute atomic E-state index is 11.7. The molecule has 3 heteroatoms. The van der Waals surface area contributed by atoms with E-state index in [1.165, 1.54) is 0 Å². The Hall–Kier alpha value is -0.930. The molecular weight excluding hydrogens is 192 g/mol. The van der Waals surface area contributed by atoms with Crippen molar-refractivity contribution < 1.29 is 14.6 Å². The average Bonchev–Trinajstić information content (AvgIpc) is 2.60. The molecule has 1 unspecified atom stereocenters. The molecule has 0 amide bonds. The lowest BCUT2D eigenvalue weighted by molar-refractivity contribution is -0.134. The molecule has 2 aliphatic carbocycles. The fourth-order valence-corrected chi connectivity index (χ4v) is 3.42. The van der Waals surface area contributed by atoms with Crippen LogP contribution >= 0.6 is 0 Å². The van der Waals surface area contributed by atoms with Crippen LogP contribution in [0.3, 0.4) is 0 Å². The molecule has 2 fully saturated rings. The maximum atomic E-state index is 11.7.